The van der Waals surface area contributed by atoms with Crippen LogP contribution < -0.4 is 4.89 Å². The molecule has 0 radical (unpaired) electrons. The molecule has 0 aliphatic carbocycles. The fourth-order valence-electron chi connectivity index (χ4n) is 7.46. The molecule has 0 aliphatic rings. The Morgan fingerprint density at radius 3 is 1.34 bits per heavy atom. The molecule has 0 N–H and O–H groups in total. The monoisotopic (exact) mass is 934 g/mol. The van der Waals surface area contributed by atoms with E-state index in [1.807, 2.05) is 21.1 Å². The van der Waals surface area contributed by atoms with Crippen LogP contribution in [0.25, 0.3) is 0 Å². The number of rotatable bonds is 50. The molecular formula is C56H104NO7P. The number of ether oxygens (including phenoxy) is 2. The molecule has 0 aromatic heterocycles. The SMILES string of the molecule is CC/C=C\C/C=C\C/C=C\C/C=C\C/C=C\CCCCCCCCCCOCC(COP(=O)([O-])OCC[N+](C)(C)C)OC(=O)CCCCCCCCCCCCCCCCCCCCC. The lowest BCUT2D eigenvalue weighted by atomic mass is 10.0. The number of phosphoric acid groups is 1. The van der Waals surface area contributed by atoms with E-state index >= 15 is 0 Å². The molecule has 2 atom stereocenters. The maximum atomic E-state index is 12.8. The highest BCUT2D eigenvalue weighted by Crippen LogP contribution is 2.38. The van der Waals surface area contributed by atoms with Crippen molar-refractivity contribution in [3.63, 3.8) is 0 Å². The van der Waals surface area contributed by atoms with Crippen molar-refractivity contribution < 1.29 is 37.3 Å². The molecule has 0 heterocycles. The summed E-state index contributed by atoms with van der Waals surface area (Å²) in [4.78, 5) is 25.2. The summed E-state index contributed by atoms with van der Waals surface area (Å²) >= 11 is 0. The normalized spacial score (nSPS) is 14.0. The fraction of sp³-hybridized carbons (Fsp3) is 0.804. The number of esters is 1. The van der Waals surface area contributed by atoms with Gasteiger partial charge in [-0.25, -0.2) is 0 Å². The second-order valence-corrected chi connectivity index (χ2v) is 20.6. The second kappa shape index (κ2) is 48.6. The standard InChI is InChI=1S/C56H104NO7P/c1-6-8-10-12-14-16-18-20-22-24-26-27-28-29-30-32-34-36-38-40-42-44-46-48-51-61-53-55(54-63-65(59,60)62-52-50-57(3,4)5)64-56(58)49-47-45-43-41-39-37-35-33-31-25-23-21-19-17-15-13-11-9-7-2/h8,10,14,16,20,22,26-27,29-30,55H,6-7,9,11-13,15,17-19,21,23-25,28,31-54H2,1-5H3/b10-8-,16-14-,22-20-,27-26-,30-29-. The molecule has 0 aliphatic heterocycles. The van der Waals surface area contributed by atoms with Gasteiger partial charge in [-0.05, 0) is 57.8 Å². The Bertz CT molecular complexity index is 1220. The van der Waals surface area contributed by atoms with Crippen molar-refractivity contribution in [3.05, 3.63) is 60.8 Å². The maximum absolute atomic E-state index is 12.8. The summed E-state index contributed by atoms with van der Waals surface area (Å²) in [6.07, 6.45) is 62.5. The Labute approximate surface area is 402 Å². The van der Waals surface area contributed by atoms with Crippen LogP contribution in [0.5, 0.6) is 0 Å². The average molecular weight is 934 g/mol. The van der Waals surface area contributed by atoms with E-state index in [9.17, 15) is 14.3 Å². The molecule has 0 aromatic rings. The predicted molar refractivity (Wildman–Crippen MR) is 277 cm³/mol. The first-order valence-corrected chi connectivity index (χ1v) is 28.5. The van der Waals surface area contributed by atoms with Crippen LogP contribution in [0.3, 0.4) is 0 Å². The first kappa shape index (κ1) is 63.2. The van der Waals surface area contributed by atoms with Crippen molar-refractivity contribution in [1.82, 2.24) is 0 Å². The summed E-state index contributed by atoms with van der Waals surface area (Å²) in [7, 11) is 1.35. The number of allylic oxidation sites excluding steroid dienone is 10. The molecular weight excluding hydrogens is 830 g/mol. The number of carbonyl (C=O) groups is 1. The van der Waals surface area contributed by atoms with Gasteiger partial charge in [0.1, 0.15) is 19.3 Å². The van der Waals surface area contributed by atoms with E-state index in [2.05, 4.69) is 74.6 Å². The fourth-order valence-corrected chi connectivity index (χ4v) is 8.19. The number of phosphoric ester groups is 1. The summed E-state index contributed by atoms with van der Waals surface area (Å²) in [5.74, 6) is -0.335. The van der Waals surface area contributed by atoms with E-state index in [1.165, 1.54) is 141 Å². The number of hydrogen-bond donors (Lipinski definition) is 0. The highest BCUT2D eigenvalue weighted by molar-refractivity contribution is 7.45. The van der Waals surface area contributed by atoms with Crippen molar-refractivity contribution >= 4 is 13.8 Å². The lowest BCUT2D eigenvalue weighted by Gasteiger charge is -2.28. The van der Waals surface area contributed by atoms with Crippen LogP contribution in [0.1, 0.15) is 232 Å². The van der Waals surface area contributed by atoms with E-state index in [4.69, 9.17) is 18.5 Å². The van der Waals surface area contributed by atoms with Gasteiger partial charge in [-0.3, -0.25) is 9.36 Å². The Hall–Kier alpha value is -1.80. The molecule has 9 heteroatoms. The van der Waals surface area contributed by atoms with Crippen molar-refractivity contribution in [1.29, 1.82) is 0 Å². The van der Waals surface area contributed by atoms with Crippen LogP contribution in [-0.4, -0.2) is 70.7 Å². The van der Waals surface area contributed by atoms with Gasteiger partial charge in [-0.15, -0.1) is 0 Å². The summed E-state index contributed by atoms with van der Waals surface area (Å²) in [5, 5.41) is 0. The zero-order valence-electron chi connectivity index (χ0n) is 43.2. The summed E-state index contributed by atoms with van der Waals surface area (Å²) in [6.45, 7) is 5.31. The van der Waals surface area contributed by atoms with Gasteiger partial charge in [0.25, 0.3) is 7.82 Å². The highest BCUT2D eigenvalue weighted by Gasteiger charge is 2.20. The van der Waals surface area contributed by atoms with Gasteiger partial charge < -0.3 is 27.9 Å². The summed E-state index contributed by atoms with van der Waals surface area (Å²) < 4.78 is 34.8. The molecule has 0 amide bonds. The average Bonchev–Trinajstić information content (AvgIpc) is 3.27. The number of likely N-dealkylation sites (N-methyl/N-ethyl adjacent to an activating group) is 1. The van der Waals surface area contributed by atoms with Gasteiger partial charge in [0.2, 0.25) is 0 Å². The minimum absolute atomic E-state index is 0.0235. The van der Waals surface area contributed by atoms with E-state index in [1.54, 1.807) is 0 Å². The first-order valence-electron chi connectivity index (χ1n) is 27.0. The Kier molecular flexibility index (Phi) is 47.3. The lowest BCUT2D eigenvalue weighted by Crippen LogP contribution is -2.37. The molecule has 0 saturated heterocycles. The van der Waals surface area contributed by atoms with Gasteiger partial charge >= 0.3 is 5.97 Å². The number of hydrogen-bond acceptors (Lipinski definition) is 7. The Morgan fingerprint density at radius 2 is 0.892 bits per heavy atom. The van der Waals surface area contributed by atoms with Crippen LogP contribution in [0.15, 0.2) is 60.8 Å². The zero-order valence-corrected chi connectivity index (χ0v) is 44.1. The maximum Gasteiger partial charge on any atom is 0.306 e. The van der Waals surface area contributed by atoms with Crippen molar-refractivity contribution in [2.75, 3.05) is 54.1 Å². The molecule has 380 valence electrons. The first-order chi connectivity index (χ1) is 31.6. The number of unbranched alkanes of at least 4 members (excludes halogenated alkanes) is 26. The van der Waals surface area contributed by atoms with Crippen LogP contribution in [0.2, 0.25) is 0 Å². The van der Waals surface area contributed by atoms with E-state index in [0.29, 0.717) is 24.1 Å². The molecule has 0 rings (SSSR count). The number of nitrogens with zero attached hydrogens (tertiary/aromatic N) is 1. The molecule has 65 heavy (non-hydrogen) atoms. The molecule has 0 fully saturated rings. The Morgan fingerprint density at radius 1 is 0.492 bits per heavy atom. The largest absolute Gasteiger partial charge is 0.756 e. The smallest absolute Gasteiger partial charge is 0.306 e. The molecule has 0 aromatic carbocycles. The second-order valence-electron chi connectivity index (χ2n) is 19.2. The minimum Gasteiger partial charge on any atom is -0.756 e. The molecule has 2 unspecified atom stereocenters. The van der Waals surface area contributed by atoms with Crippen LogP contribution in [0, 0.1) is 0 Å². The van der Waals surface area contributed by atoms with E-state index in [-0.39, 0.29) is 25.8 Å². The topological polar surface area (TPSA) is 94.1 Å². The molecule has 8 nitrogen and oxygen atoms in total. The zero-order chi connectivity index (χ0) is 47.6. The van der Waals surface area contributed by atoms with Gasteiger partial charge in [0.05, 0.1) is 34.4 Å². The quantitative estimate of drug-likeness (QED) is 0.0197. The van der Waals surface area contributed by atoms with E-state index in [0.717, 1.165) is 70.6 Å². The van der Waals surface area contributed by atoms with Crippen LogP contribution in [0.4, 0.5) is 0 Å². The van der Waals surface area contributed by atoms with E-state index < -0.39 is 13.9 Å². The summed E-state index contributed by atoms with van der Waals surface area (Å²) in [6, 6.07) is 0. The molecule has 0 saturated carbocycles. The van der Waals surface area contributed by atoms with Gasteiger partial charge in [-0.2, -0.15) is 0 Å². The lowest BCUT2D eigenvalue weighted by molar-refractivity contribution is -0.870. The van der Waals surface area contributed by atoms with Crippen LogP contribution >= 0.6 is 7.82 Å². The predicted octanol–water partition coefficient (Wildman–Crippen LogP) is 16.2. The third-order valence-corrected chi connectivity index (χ3v) is 12.5. The highest BCUT2D eigenvalue weighted by atomic mass is 31.2. The van der Waals surface area contributed by atoms with Gasteiger partial charge in [0.15, 0.2) is 0 Å². The van der Waals surface area contributed by atoms with Crippen molar-refractivity contribution in [2.45, 2.75) is 238 Å². The van der Waals surface area contributed by atoms with Crippen molar-refractivity contribution in [3.8, 4) is 0 Å². The van der Waals surface area contributed by atoms with Gasteiger partial charge in [0, 0.05) is 13.0 Å². The number of quaternary nitrogens is 1. The van der Waals surface area contributed by atoms with Crippen molar-refractivity contribution in [2.24, 2.45) is 0 Å². The number of carbonyl (C=O) groups excluding carboxylic acids is 1. The van der Waals surface area contributed by atoms with Crippen LogP contribution in [-0.2, 0) is 27.9 Å². The third-order valence-electron chi connectivity index (χ3n) is 11.6. The third kappa shape index (κ3) is 53.0. The minimum atomic E-state index is -4.54. The Balaban J connectivity index is 4.13. The molecule has 0 bridgehead atoms. The summed E-state index contributed by atoms with van der Waals surface area (Å²) in [5.41, 5.74) is 0. The van der Waals surface area contributed by atoms with Gasteiger partial charge in [-0.1, -0.05) is 229 Å². The molecule has 0 spiro atoms.